The third kappa shape index (κ3) is 21.2. The van der Waals surface area contributed by atoms with Crippen molar-refractivity contribution in [3.05, 3.63) is 113 Å². The summed E-state index contributed by atoms with van der Waals surface area (Å²) in [5, 5.41) is 30.8. The Hall–Kier alpha value is -9.58. The number of rotatable bonds is 32. The monoisotopic (exact) mass is 1390 g/mol. The molecule has 0 bridgehead atoms. The average Bonchev–Trinajstić information content (AvgIpc) is 1.49. The first kappa shape index (κ1) is 74.6. The highest BCUT2D eigenvalue weighted by atomic mass is 32.1. The number of aliphatic hydroxyl groups excluding tert-OH is 1. The number of carbonyl (C=O) groups excluding carboxylic acids is 10. The number of nitrogen functional groups attached to an aromatic ring is 1. The van der Waals surface area contributed by atoms with Crippen LogP contribution in [0, 0.1) is 24.2 Å². The van der Waals surface area contributed by atoms with Crippen LogP contribution >= 0.6 is 11.3 Å². The van der Waals surface area contributed by atoms with E-state index in [4.69, 9.17) is 15.2 Å². The number of carbonyl (C=O) groups is 10. The third-order valence-electron chi connectivity index (χ3n) is 18.1. The van der Waals surface area contributed by atoms with Crippen molar-refractivity contribution in [1.29, 1.82) is 0 Å². The van der Waals surface area contributed by atoms with Gasteiger partial charge in [0.2, 0.25) is 41.4 Å². The van der Waals surface area contributed by atoms with Crippen molar-refractivity contribution in [3.8, 4) is 21.7 Å². The number of nitrogens with one attached hydrogen (secondary N) is 7. The van der Waals surface area contributed by atoms with E-state index in [1.165, 1.54) is 28.1 Å². The molecule has 0 radical (unpaired) electrons. The second-order valence-electron chi connectivity index (χ2n) is 26.6. The summed E-state index contributed by atoms with van der Waals surface area (Å²) in [6.07, 6.45) is 10.6. The van der Waals surface area contributed by atoms with Crippen LogP contribution in [0.2, 0.25) is 0 Å². The van der Waals surface area contributed by atoms with E-state index >= 15 is 0 Å². The van der Waals surface area contributed by atoms with E-state index in [1.807, 2.05) is 37.3 Å². The number of morpholine rings is 1. The zero-order valence-corrected chi connectivity index (χ0v) is 57.9. The number of pyridine rings is 1. The fourth-order valence-corrected chi connectivity index (χ4v) is 13.2. The first-order valence-electron chi connectivity index (χ1n) is 34.2. The van der Waals surface area contributed by atoms with Crippen LogP contribution in [0.1, 0.15) is 125 Å². The first-order chi connectivity index (χ1) is 48.1. The number of nitrogens with zero attached hydrogens (tertiary/aromatic N) is 7. The standard InChI is InChI=1S/C71H91N15O13S/c1-44-63(100-43-79-44)49-17-11-46(12-18-49)38-78-68(95)56-36-51(87)42-85(56)70(97)64(71(2,3)4)83-59(90)26-32-98-33-29-74-57(88)22-21-52(80-58(89)8-6-5-7-27-75-66(93)50-19-13-47(14-20-50)41-86-60(91)23-24-61(86)92)67(94)77-37-45-9-15-48(16-10-45)53-40-76-65(72)62(81-53)69(96)82-54-39-73-28-25-55(54)84-30-34-99-35-31-84/h9-12,15-18,23-25,28,39-40,43,47,50-52,56,64,87H,5-8,13-14,19-22,26-27,29-38,41-42H2,1-4H3,(H2,72,76)(H,74,88)(H,75,93)(H,77,94)(H,78,95)(H,80,89)(H,82,96)(H,83,90)/t47?,50?,51-,52?,56+,64-/m1/s1. The average molecular weight is 1390 g/mol. The van der Waals surface area contributed by atoms with E-state index in [0.717, 1.165) is 40.2 Å². The molecule has 3 aliphatic heterocycles. The summed E-state index contributed by atoms with van der Waals surface area (Å²) in [4.78, 5) is 156. The topological polar surface area (TPSA) is 381 Å². The number of imide groups is 1. The maximum atomic E-state index is 14.2. The Labute approximate surface area is 585 Å². The molecule has 100 heavy (non-hydrogen) atoms. The zero-order chi connectivity index (χ0) is 71.3. The van der Waals surface area contributed by atoms with Gasteiger partial charge >= 0.3 is 0 Å². The Morgan fingerprint density at radius 1 is 0.750 bits per heavy atom. The predicted octanol–water partition coefficient (Wildman–Crippen LogP) is 4.26. The number of aliphatic hydroxyl groups is 1. The van der Waals surface area contributed by atoms with Crippen LogP contribution in [0.25, 0.3) is 21.7 Å². The lowest BCUT2D eigenvalue weighted by Gasteiger charge is -2.35. The fraction of sp³-hybridized carbons (Fsp3) is 0.493. The number of hydrogen-bond acceptors (Lipinski definition) is 20. The summed E-state index contributed by atoms with van der Waals surface area (Å²) in [7, 11) is 0. The molecule has 29 heteroatoms. The van der Waals surface area contributed by atoms with Crippen molar-refractivity contribution in [1.82, 2.24) is 61.6 Å². The molecule has 6 heterocycles. The minimum atomic E-state index is -1.10. The molecule has 10 amide bonds. The van der Waals surface area contributed by atoms with Crippen molar-refractivity contribution in [2.45, 2.75) is 142 Å². The smallest absolute Gasteiger partial charge is 0.278 e. The van der Waals surface area contributed by atoms with Gasteiger partial charge in [0.1, 0.15) is 18.1 Å². The lowest BCUT2D eigenvalue weighted by Crippen LogP contribution is -2.57. The van der Waals surface area contributed by atoms with Gasteiger partial charge in [-0.2, -0.15) is 0 Å². The van der Waals surface area contributed by atoms with Crippen molar-refractivity contribution >= 4 is 87.6 Å². The van der Waals surface area contributed by atoms with Gasteiger partial charge in [0, 0.05) is 108 Å². The van der Waals surface area contributed by atoms with Crippen molar-refractivity contribution in [2.24, 2.45) is 17.3 Å². The zero-order valence-electron chi connectivity index (χ0n) is 57.1. The number of ether oxygens (including phenoxy) is 2. The van der Waals surface area contributed by atoms with Gasteiger partial charge in [-0.1, -0.05) is 75.7 Å². The lowest BCUT2D eigenvalue weighted by molar-refractivity contribution is -0.144. The van der Waals surface area contributed by atoms with E-state index in [1.54, 1.807) is 74.3 Å². The molecule has 1 saturated carbocycles. The molecule has 2 aromatic carbocycles. The van der Waals surface area contributed by atoms with E-state index in [0.29, 0.717) is 94.0 Å². The maximum absolute atomic E-state index is 14.2. The number of aryl methyl sites for hydroxylation is 1. The third-order valence-corrected chi connectivity index (χ3v) is 19.1. The number of amides is 10. The van der Waals surface area contributed by atoms with Crippen LogP contribution < -0.4 is 47.9 Å². The van der Waals surface area contributed by atoms with E-state index in [9.17, 15) is 53.1 Å². The Morgan fingerprint density at radius 3 is 2.13 bits per heavy atom. The van der Waals surface area contributed by atoms with Crippen LogP contribution in [-0.2, 0) is 65.7 Å². The Balaban J connectivity index is 0.722. The molecule has 1 unspecified atom stereocenters. The van der Waals surface area contributed by atoms with Crippen LogP contribution in [0.15, 0.2) is 90.9 Å². The van der Waals surface area contributed by atoms with Gasteiger partial charge < -0.3 is 67.3 Å². The highest BCUT2D eigenvalue weighted by Crippen LogP contribution is 2.33. The quantitative estimate of drug-likeness (QED) is 0.0214. The molecular formula is C71H91N15O13S. The molecular weight excluding hydrogens is 1300 g/mol. The Bertz CT molecular complexity index is 3720. The first-order valence-corrected chi connectivity index (χ1v) is 35.0. The van der Waals surface area contributed by atoms with E-state index in [2.05, 4.69) is 62.1 Å². The van der Waals surface area contributed by atoms with Gasteiger partial charge in [0.25, 0.3) is 17.7 Å². The summed E-state index contributed by atoms with van der Waals surface area (Å²) in [6, 6.07) is 13.5. The highest BCUT2D eigenvalue weighted by Gasteiger charge is 2.45. The molecule has 9 rings (SSSR count). The van der Waals surface area contributed by atoms with Gasteiger partial charge in [-0.3, -0.25) is 57.8 Å². The van der Waals surface area contributed by atoms with Crippen LogP contribution in [0.5, 0.6) is 0 Å². The SMILES string of the molecule is Cc1ncsc1-c1ccc(CNC(=O)[C@@H]2C[C@@H](O)CN2C(=O)[C@@H](NC(=O)CCOCCNC(=O)CCC(NC(=O)CCCCCNC(=O)C2CCC(CN3C(=O)C=CC3=O)CC2)C(=O)NCc2ccc(-c3cnc(N)c(C(=O)Nc4cnccc4N4CCOCC4)n3)cc2)C(C)(C)C)cc1. The Kier molecular flexibility index (Phi) is 26.8. The highest BCUT2D eigenvalue weighted by molar-refractivity contribution is 7.13. The van der Waals surface area contributed by atoms with Crippen molar-refractivity contribution in [3.63, 3.8) is 0 Å². The molecule has 4 aliphatic rings. The van der Waals surface area contributed by atoms with E-state index < -0.39 is 71.0 Å². The van der Waals surface area contributed by atoms with E-state index in [-0.39, 0.29) is 113 Å². The second kappa shape index (κ2) is 36.0. The molecule has 3 fully saturated rings. The molecule has 5 aromatic rings. The lowest BCUT2D eigenvalue weighted by atomic mass is 9.81. The van der Waals surface area contributed by atoms with Crippen LogP contribution in [-0.4, -0.2) is 184 Å². The number of β-amino-alcohol motifs (C(OH)–C–C–N with tert-alkyl or cyclic N) is 1. The van der Waals surface area contributed by atoms with Crippen LogP contribution in [0.3, 0.4) is 0 Å². The Morgan fingerprint density at radius 2 is 1.44 bits per heavy atom. The number of thiazole rings is 1. The minimum absolute atomic E-state index is 0.0263. The number of anilines is 3. The number of unbranched alkanes of at least 4 members (excludes halogenated alkanes) is 2. The molecule has 0 spiro atoms. The molecule has 1 aliphatic carbocycles. The minimum Gasteiger partial charge on any atom is -0.391 e. The number of aromatic nitrogens is 4. The number of likely N-dealkylation sites (tertiary alicyclic amines) is 1. The number of benzene rings is 2. The molecule has 2 saturated heterocycles. The largest absolute Gasteiger partial charge is 0.391 e. The van der Waals surface area contributed by atoms with Gasteiger partial charge in [0.05, 0.1) is 78.1 Å². The van der Waals surface area contributed by atoms with Crippen LogP contribution in [0.4, 0.5) is 17.2 Å². The van der Waals surface area contributed by atoms with Gasteiger partial charge in [-0.05, 0) is 86.0 Å². The number of hydrogen-bond donors (Lipinski definition) is 9. The summed E-state index contributed by atoms with van der Waals surface area (Å²) in [5.74, 6) is -4.05. The summed E-state index contributed by atoms with van der Waals surface area (Å²) >= 11 is 1.55. The second-order valence-corrected chi connectivity index (χ2v) is 27.5. The van der Waals surface area contributed by atoms with Gasteiger partial charge in [-0.25, -0.2) is 15.0 Å². The predicted molar refractivity (Wildman–Crippen MR) is 373 cm³/mol. The van der Waals surface area contributed by atoms with Gasteiger partial charge in [0.15, 0.2) is 11.5 Å². The normalized spacial score (nSPS) is 18.2. The maximum Gasteiger partial charge on any atom is 0.278 e. The van der Waals surface area contributed by atoms with Crippen molar-refractivity contribution < 1.29 is 62.5 Å². The summed E-state index contributed by atoms with van der Waals surface area (Å²) in [5.41, 5.74) is 12.8. The molecule has 534 valence electrons. The molecule has 10 N–H and O–H groups in total. The molecule has 4 atom stereocenters. The molecule has 3 aromatic heterocycles. The fourth-order valence-electron chi connectivity index (χ4n) is 12.4. The number of nitrogens with two attached hydrogens (primary N) is 1. The molecule has 28 nitrogen and oxygen atoms in total. The van der Waals surface area contributed by atoms with Crippen molar-refractivity contribution in [2.75, 3.05) is 81.6 Å². The summed E-state index contributed by atoms with van der Waals surface area (Å²) < 4.78 is 11.2. The summed E-state index contributed by atoms with van der Waals surface area (Å²) in [6.45, 7) is 10.7. The van der Waals surface area contributed by atoms with Gasteiger partial charge in [-0.15, -0.1) is 11.3 Å².